The van der Waals surface area contributed by atoms with E-state index in [2.05, 4.69) is 26.9 Å². The lowest BCUT2D eigenvalue weighted by Crippen LogP contribution is -2.21. The highest BCUT2D eigenvalue weighted by Crippen LogP contribution is 2.41. The summed E-state index contributed by atoms with van der Waals surface area (Å²) in [5.41, 5.74) is 2.13. The van der Waals surface area contributed by atoms with Crippen LogP contribution in [0.5, 0.6) is 0 Å². The van der Waals surface area contributed by atoms with Crippen LogP contribution in [0.15, 0.2) is 28.7 Å². The second kappa shape index (κ2) is 5.60. The van der Waals surface area contributed by atoms with Gasteiger partial charge in [0.1, 0.15) is 0 Å². The van der Waals surface area contributed by atoms with E-state index >= 15 is 0 Å². The van der Waals surface area contributed by atoms with Crippen molar-refractivity contribution in [3.05, 3.63) is 34.3 Å². The fourth-order valence-corrected chi connectivity index (χ4v) is 3.87. The normalized spacial score (nSPS) is 25.4. The number of hydrogen-bond donors (Lipinski definition) is 1. The van der Waals surface area contributed by atoms with Gasteiger partial charge < -0.3 is 10.0 Å². The largest absolute Gasteiger partial charge is 0.478 e. The van der Waals surface area contributed by atoms with Crippen LogP contribution in [-0.2, 0) is 4.79 Å². The highest BCUT2D eigenvalue weighted by atomic mass is 79.9. The molecule has 1 aliphatic carbocycles. The molecule has 1 saturated heterocycles. The fraction of sp³-hybridized carbons (Fsp3) is 0.438. The molecule has 0 spiro atoms. The molecular formula is C16H18BrNO2. The second-order valence-electron chi connectivity index (χ2n) is 5.73. The molecule has 1 aliphatic heterocycles. The summed E-state index contributed by atoms with van der Waals surface area (Å²) in [5.74, 6) is 0.743. The Morgan fingerprint density at radius 2 is 2.00 bits per heavy atom. The Bertz CT molecular complexity index is 543. The van der Waals surface area contributed by atoms with Crippen LogP contribution in [0.1, 0.15) is 24.8 Å². The Morgan fingerprint density at radius 1 is 1.30 bits per heavy atom. The van der Waals surface area contributed by atoms with E-state index in [1.54, 1.807) is 6.08 Å². The zero-order valence-electron chi connectivity index (χ0n) is 11.3. The summed E-state index contributed by atoms with van der Waals surface area (Å²) in [5, 5.41) is 8.81. The van der Waals surface area contributed by atoms with Crippen molar-refractivity contribution < 1.29 is 9.90 Å². The Morgan fingerprint density at radius 3 is 2.65 bits per heavy atom. The van der Waals surface area contributed by atoms with Crippen LogP contribution in [0.4, 0.5) is 5.69 Å². The summed E-state index contributed by atoms with van der Waals surface area (Å²) in [6.45, 7) is 2.21. The minimum Gasteiger partial charge on any atom is -0.478 e. The Labute approximate surface area is 127 Å². The standard InChI is InChI=1S/C16H18BrNO2/c17-14-6-4-11(5-7-16(19)20)15(8-14)18-9-12-2-1-3-13(12)10-18/h4-8,12-13H,1-3,9-10H2,(H,19,20)/b7-5+. The van der Waals surface area contributed by atoms with Gasteiger partial charge in [0.15, 0.2) is 0 Å². The second-order valence-corrected chi connectivity index (χ2v) is 6.65. The molecule has 2 atom stereocenters. The molecule has 2 aliphatic rings. The van der Waals surface area contributed by atoms with Crippen LogP contribution in [0.3, 0.4) is 0 Å². The van der Waals surface area contributed by atoms with Crippen LogP contribution in [0.25, 0.3) is 6.08 Å². The van der Waals surface area contributed by atoms with E-state index in [1.165, 1.54) is 25.3 Å². The Kier molecular flexibility index (Phi) is 3.83. The first-order valence-corrected chi connectivity index (χ1v) is 7.88. The zero-order valence-corrected chi connectivity index (χ0v) is 12.8. The van der Waals surface area contributed by atoms with E-state index < -0.39 is 5.97 Å². The summed E-state index contributed by atoms with van der Waals surface area (Å²) in [4.78, 5) is 13.1. The molecule has 2 unspecified atom stereocenters. The number of carbonyl (C=O) groups is 1. The third-order valence-corrected chi connectivity index (χ3v) is 4.96. The van der Waals surface area contributed by atoms with Crippen LogP contribution < -0.4 is 4.90 Å². The Balaban J connectivity index is 1.88. The first kappa shape index (κ1) is 13.7. The van der Waals surface area contributed by atoms with Gasteiger partial charge in [-0.25, -0.2) is 4.79 Å². The number of aliphatic carboxylic acids is 1. The summed E-state index contributed by atoms with van der Waals surface area (Å²) < 4.78 is 1.04. The molecule has 0 bridgehead atoms. The van der Waals surface area contributed by atoms with Gasteiger partial charge in [-0.3, -0.25) is 0 Å². The highest BCUT2D eigenvalue weighted by Gasteiger charge is 2.36. The van der Waals surface area contributed by atoms with E-state index in [-0.39, 0.29) is 0 Å². The molecule has 106 valence electrons. The lowest BCUT2D eigenvalue weighted by molar-refractivity contribution is -0.131. The minimum atomic E-state index is -0.905. The van der Waals surface area contributed by atoms with Crippen LogP contribution in [-0.4, -0.2) is 24.2 Å². The smallest absolute Gasteiger partial charge is 0.328 e. The van der Waals surface area contributed by atoms with E-state index in [0.717, 1.165) is 40.6 Å². The molecule has 3 rings (SSSR count). The molecule has 0 aromatic heterocycles. The van der Waals surface area contributed by atoms with E-state index in [1.807, 2.05) is 12.1 Å². The van der Waals surface area contributed by atoms with Crippen molar-refractivity contribution in [1.29, 1.82) is 0 Å². The summed E-state index contributed by atoms with van der Waals surface area (Å²) >= 11 is 3.52. The molecular weight excluding hydrogens is 318 g/mol. The predicted octanol–water partition coefficient (Wildman–Crippen LogP) is 3.78. The van der Waals surface area contributed by atoms with E-state index in [4.69, 9.17) is 5.11 Å². The number of hydrogen-bond acceptors (Lipinski definition) is 2. The summed E-state index contributed by atoms with van der Waals surface area (Å²) in [6.07, 6.45) is 6.96. The number of benzene rings is 1. The van der Waals surface area contributed by atoms with Crippen molar-refractivity contribution in [2.45, 2.75) is 19.3 Å². The molecule has 1 N–H and O–H groups in total. The summed E-state index contributed by atoms with van der Waals surface area (Å²) in [6, 6.07) is 6.04. The molecule has 1 aromatic rings. The number of fused-ring (bicyclic) bond motifs is 1. The maximum atomic E-state index is 10.7. The number of halogens is 1. The van der Waals surface area contributed by atoms with E-state index in [0.29, 0.717) is 0 Å². The average molecular weight is 336 g/mol. The van der Waals surface area contributed by atoms with Gasteiger partial charge in [0.2, 0.25) is 0 Å². The van der Waals surface area contributed by atoms with Crippen molar-refractivity contribution in [2.24, 2.45) is 11.8 Å². The van der Waals surface area contributed by atoms with Gasteiger partial charge in [0.05, 0.1) is 0 Å². The van der Waals surface area contributed by atoms with Gasteiger partial charge in [0, 0.05) is 29.3 Å². The molecule has 0 radical (unpaired) electrons. The fourth-order valence-electron chi connectivity index (χ4n) is 3.52. The van der Waals surface area contributed by atoms with Gasteiger partial charge in [0.25, 0.3) is 0 Å². The number of rotatable bonds is 3. The highest BCUT2D eigenvalue weighted by molar-refractivity contribution is 9.10. The van der Waals surface area contributed by atoms with Gasteiger partial charge in [-0.15, -0.1) is 0 Å². The van der Waals surface area contributed by atoms with Gasteiger partial charge >= 0.3 is 5.97 Å². The monoisotopic (exact) mass is 335 g/mol. The quantitative estimate of drug-likeness (QED) is 0.854. The lowest BCUT2D eigenvalue weighted by atomic mass is 10.0. The molecule has 0 amide bonds. The number of anilines is 1. The predicted molar refractivity (Wildman–Crippen MR) is 83.9 cm³/mol. The van der Waals surface area contributed by atoms with Gasteiger partial charge in [-0.1, -0.05) is 28.4 Å². The van der Waals surface area contributed by atoms with Crippen molar-refractivity contribution in [3.8, 4) is 0 Å². The molecule has 20 heavy (non-hydrogen) atoms. The van der Waals surface area contributed by atoms with Crippen molar-refractivity contribution in [1.82, 2.24) is 0 Å². The molecule has 4 heteroatoms. The number of carboxylic acids is 1. The Hall–Kier alpha value is -1.29. The SMILES string of the molecule is O=C(O)/C=C/c1ccc(Br)cc1N1CC2CCCC2C1. The maximum absolute atomic E-state index is 10.7. The van der Waals surface area contributed by atoms with Gasteiger partial charge in [-0.05, 0) is 48.4 Å². The number of nitrogens with zero attached hydrogens (tertiary/aromatic N) is 1. The topological polar surface area (TPSA) is 40.5 Å². The lowest BCUT2D eigenvalue weighted by Gasteiger charge is -2.22. The van der Waals surface area contributed by atoms with Gasteiger partial charge in [-0.2, -0.15) is 0 Å². The third kappa shape index (κ3) is 2.75. The zero-order chi connectivity index (χ0) is 14.1. The molecule has 2 fully saturated rings. The van der Waals surface area contributed by atoms with Crippen molar-refractivity contribution >= 4 is 33.7 Å². The van der Waals surface area contributed by atoms with E-state index in [9.17, 15) is 4.79 Å². The van der Waals surface area contributed by atoms with Crippen LogP contribution in [0.2, 0.25) is 0 Å². The third-order valence-electron chi connectivity index (χ3n) is 4.46. The first-order valence-electron chi connectivity index (χ1n) is 7.09. The first-order chi connectivity index (χ1) is 9.63. The molecule has 1 heterocycles. The maximum Gasteiger partial charge on any atom is 0.328 e. The molecule has 3 nitrogen and oxygen atoms in total. The van der Waals surface area contributed by atoms with Crippen molar-refractivity contribution in [3.63, 3.8) is 0 Å². The van der Waals surface area contributed by atoms with Crippen LogP contribution in [0, 0.1) is 11.8 Å². The molecule has 1 aromatic carbocycles. The molecule has 1 saturated carbocycles. The van der Waals surface area contributed by atoms with Crippen LogP contribution >= 0.6 is 15.9 Å². The summed E-state index contributed by atoms with van der Waals surface area (Å²) in [7, 11) is 0. The number of carboxylic acid groups (broad SMARTS) is 1. The minimum absolute atomic E-state index is 0.824. The average Bonchev–Trinajstić information content (AvgIpc) is 2.97. The van der Waals surface area contributed by atoms with Crippen molar-refractivity contribution in [2.75, 3.05) is 18.0 Å².